The first kappa shape index (κ1) is 18.8. The van der Waals surface area contributed by atoms with Crippen LogP contribution in [0.2, 0.25) is 0 Å². The minimum absolute atomic E-state index is 0.212. The summed E-state index contributed by atoms with van der Waals surface area (Å²) >= 11 is 0. The minimum Gasteiger partial charge on any atom is -0.496 e. The van der Waals surface area contributed by atoms with Crippen LogP contribution in [0.4, 0.5) is 5.69 Å². The van der Waals surface area contributed by atoms with Crippen molar-refractivity contribution in [3.63, 3.8) is 0 Å². The summed E-state index contributed by atoms with van der Waals surface area (Å²) in [6, 6.07) is 11.4. The maximum absolute atomic E-state index is 12.2. The summed E-state index contributed by atoms with van der Waals surface area (Å²) in [5, 5.41) is 11.4. The second-order valence-corrected chi connectivity index (χ2v) is 5.32. The van der Waals surface area contributed by atoms with Crippen molar-refractivity contribution in [3.8, 4) is 17.6 Å². The molecule has 1 N–H and O–H groups in total. The van der Waals surface area contributed by atoms with Gasteiger partial charge in [-0.05, 0) is 37.3 Å². The highest BCUT2D eigenvalue weighted by Gasteiger charge is 2.16. The Balaban J connectivity index is 2.02. The molecule has 7 heteroatoms. The third kappa shape index (κ3) is 4.51. The molecule has 26 heavy (non-hydrogen) atoms. The summed E-state index contributed by atoms with van der Waals surface area (Å²) in [4.78, 5) is 24.1. The zero-order chi connectivity index (χ0) is 19.1. The Hall–Kier alpha value is -3.53. The lowest BCUT2D eigenvalue weighted by atomic mass is 10.1. The van der Waals surface area contributed by atoms with Crippen LogP contribution in [0.25, 0.3) is 0 Å². The van der Waals surface area contributed by atoms with Crippen LogP contribution >= 0.6 is 0 Å². The molecule has 7 nitrogen and oxygen atoms in total. The molecule has 0 bridgehead atoms. The number of nitrogens with one attached hydrogen (secondary N) is 1. The molecule has 0 unspecified atom stereocenters. The molecule has 0 saturated heterocycles. The number of hydrogen-bond donors (Lipinski definition) is 1. The van der Waals surface area contributed by atoms with Gasteiger partial charge in [-0.1, -0.05) is 6.07 Å². The van der Waals surface area contributed by atoms with Crippen molar-refractivity contribution in [2.45, 2.75) is 6.92 Å². The highest BCUT2D eigenvalue weighted by Crippen LogP contribution is 2.29. The monoisotopic (exact) mass is 354 g/mol. The number of nitrogens with zero attached hydrogens (tertiary/aromatic N) is 1. The van der Waals surface area contributed by atoms with Crippen LogP contribution in [-0.2, 0) is 9.53 Å². The number of benzene rings is 2. The lowest BCUT2D eigenvalue weighted by molar-refractivity contribution is -0.119. The maximum Gasteiger partial charge on any atom is 0.338 e. The summed E-state index contributed by atoms with van der Waals surface area (Å²) in [5.41, 5.74) is 1.83. The van der Waals surface area contributed by atoms with Gasteiger partial charge in [0.2, 0.25) is 0 Å². The van der Waals surface area contributed by atoms with E-state index in [0.29, 0.717) is 22.7 Å². The average Bonchev–Trinajstić information content (AvgIpc) is 2.66. The summed E-state index contributed by atoms with van der Waals surface area (Å²) in [6.07, 6.45) is 0. The van der Waals surface area contributed by atoms with E-state index in [-0.39, 0.29) is 5.56 Å². The Morgan fingerprint density at radius 1 is 1.12 bits per heavy atom. The first-order valence-corrected chi connectivity index (χ1v) is 7.68. The fraction of sp³-hybridized carbons (Fsp3) is 0.211. The standard InChI is InChI=1S/C19H18N2O5/c1-12-16(24-2)8-14(9-17(12)25-3)19(23)26-11-18(22)21-15-6-4-5-13(7-15)10-20/h4-9H,11H2,1-3H3,(H,21,22). The van der Waals surface area contributed by atoms with E-state index in [2.05, 4.69) is 5.32 Å². The van der Waals surface area contributed by atoms with Crippen LogP contribution in [0.1, 0.15) is 21.5 Å². The van der Waals surface area contributed by atoms with E-state index in [9.17, 15) is 9.59 Å². The molecule has 0 atom stereocenters. The van der Waals surface area contributed by atoms with Crippen LogP contribution in [0, 0.1) is 18.3 Å². The number of hydrogen-bond acceptors (Lipinski definition) is 6. The van der Waals surface area contributed by atoms with Crippen LogP contribution in [0.5, 0.6) is 11.5 Å². The number of amides is 1. The SMILES string of the molecule is COc1cc(C(=O)OCC(=O)Nc2cccc(C#N)c2)cc(OC)c1C. The molecule has 2 rings (SSSR count). The molecule has 0 aromatic heterocycles. The fourth-order valence-electron chi connectivity index (χ4n) is 2.28. The Bertz CT molecular complexity index is 845. The molecule has 0 heterocycles. The molecule has 2 aromatic carbocycles. The highest BCUT2D eigenvalue weighted by molar-refractivity contribution is 5.96. The first-order valence-electron chi connectivity index (χ1n) is 7.68. The van der Waals surface area contributed by atoms with Crippen molar-refractivity contribution in [1.29, 1.82) is 5.26 Å². The van der Waals surface area contributed by atoms with Gasteiger partial charge in [0.1, 0.15) is 11.5 Å². The van der Waals surface area contributed by atoms with Crippen molar-refractivity contribution in [3.05, 3.63) is 53.1 Å². The lowest BCUT2D eigenvalue weighted by Gasteiger charge is -2.12. The topological polar surface area (TPSA) is 97.6 Å². The van der Waals surface area contributed by atoms with Crippen molar-refractivity contribution < 1.29 is 23.8 Å². The molecular formula is C19H18N2O5. The smallest absolute Gasteiger partial charge is 0.338 e. The van der Waals surface area contributed by atoms with Crippen molar-refractivity contribution >= 4 is 17.6 Å². The fourth-order valence-corrected chi connectivity index (χ4v) is 2.28. The van der Waals surface area contributed by atoms with Gasteiger partial charge in [0.15, 0.2) is 6.61 Å². The van der Waals surface area contributed by atoms with Gasteiger partial charge in [-0.15, -0.1) is 0 Å². The van der Waals surface area contributed by atoms with Crippen molar-refractivity contribution in [1.82, 2.24) is 0 Å². The molecule has 1 amide bonds. The predicted octanol–water partition coefficient (Wildman–Crippen LogP) is 2.68. The van der Waals surface area contributed by atoms with Gasteiger partial charge in [-0.3, -0.25) is 4.79 Å². The molecule has 0 saturated carbocycles. The van der Waals surface area contributed by atoms with Gasteiger partial charge < -0.3 is 19.5 Å². The first-order chi connectivity index (χ1) is 12.5. The number of anilines is 1. The van der Waals surface area contributed by atoms with E-state index >= 15 is 0 Å². The van der Waals surface area contributed by atoms with E-state index in [1.807, 2.05) is 6.07 Å². The van der Waals surface area contributed by atoms with Gasteiger partial charge in [-0.2, -0.15) is 5.26 Å². The third-order valence-electron chi connectivity index (χ3n) is 3.60. The zero-order valence-electron chi connectivity index (χ0n) is 14.7. The maximum atomic E-state index is 12.2. The van der Waals surface area contributed by atoms with Crippen molar-refractivity contribution in [2.75, 3.05) is 26.1 Å². The van der Waals surface area contributed by atoms with E-state index in [1.165, 1.54) is 32.4 Å². The summed E-state index contributed by atoms with van der Waals surface area (Å²) < 4.78 is 15.5. The average molecular weight is 354 g/mol. The molecule has 0 radical (unpaired) electrons. The molecule has 0 aliphatic rings. The second kappa shape index (κ2) is 8.53. The zero-order valence-corrected chi connectivity index (χ0v) is 14.7. The van der Waals surface area contributed by atoms with Gasteiger partial charge in [0.05, 0.1) is 31.4 Å². The number of rotatable bonds is 6. The van der Waals surface area contributed by atoms with Crippen LogP contribution in [0.15, 0.2) is 36.4 Å². The summed E-state index contributed by atoms with van der Waals surface area (Å²) in [7, 11) is 2.97. The van der Waals surface area contributed by atoms with Gasteiger partial charge in [-0.25, -0.2) is 4.79 Å². The van der Waals surface area contributed by atoms with Crippen LogP contribution < -0.4 is 14.8 Å². The second-order valence-electron chi connectivity index (χ2n) is 5.32. The number of carbonyl (C=O) groups excluding carboxylic acids is 2. The molecule has 2 aromatic rings. The quantitative estimate of drug-likeness (QED) is 0.801. The van der Waals surface area contributed by atoms with E-state index in [4.69, 9.17) is 19.5 Å². The number of nitriles is 1. The third-order valence-corrected chi connectivity index (χ3v) is 3.60. The van der Waals surface area contributed by atoms with E-state index in [1.54, 1.807) is 25.1 Å². The van der Waals surface area contributed by atoms with Crippen LogP contribution in [0.3, 0.4) is 0 Å². The summed E-state index contributed by atoms with van der Waals surface area (Å²) in [6.45, 7) is 1.34. The molecule has 0 aliphatic carbocycles. The van der Waals surface area contributed by atoms with E-state index in [0.717, 1.165) is 5.56 Å². The Kier molecular flexibility index (Phi) is 6.17. The van der Waals surface area contributed by atoms with E-state index < -0.39 is 18.5 Å². The van der Waals surface area contributed by atoms with Gasteiger partial charge in [0.25, 0.3) is 5.91 Å². The molecular weight excluding hydrogens is 336 g/mol. The largest absolute Gasteiger partial charge is 0.496 e. The Morgan fingerprint density at radius 3 is 2.35 bits per heavy atom. The number of ether oxygens (including phenoxy) is 3. The van der Waals surface area contributed by atoms with Gasteiger partial charge in [0, 0.05) is 11.3 Å². The Labute approximate surface area is 151 Å². The number of esters is 1. The molecule has 134 valence electrons. The predicted molar refractivity (Wildman–Crippen MR) is 94.4 cm³/mol. The normalized spacial score (nSPS) is 9.77. The highest BCUT2D eigenvalue weighted by atomic mass is 16.5. The molecule has 0 aliphatic heterocycles. The number of carbonyl (C=O) groups is 2. The Morgan fingerprint density at radius 2 is 1.77 bits per heavy atom. The van der Waals surface area contributed by atoms with Gasteiger partial charge >= 0.3 is 5.97 Å². The number of methoxy groups -OCH3 is 2. The molecule has 0 fully saturated rings. The lowest BCUT2D eigenvalue weighted by Crippen LogP contribution is -2.21. The van der Waals surface area contributed by atoms with Crippen molar-refractivity contribution in [2.24, 2.45) is 0 Å². The van der Waals surface area contributed by atoms with Crippen LogP contribution in [-0.4, -0.2) is 32.7 Å². The molecule has 0 spiro atoms. The minimum atomic E-state index is -0.678. The summed E-state index contributed by atoms with van der Waals surface area (Å²) in [5.74, 6) is -0.231.